The Hall–Kier alpha value is -3.13. The third kappa shape index (κ3) is 2.99. The van der Waals surface area contributed by atoms with Crippen LogP contribution in [0.2, 0.25) is 0 Å². The zero-order valence-corrected chi connectivity index (χ0v) is 14.2. The maximum atomic E-state index is 9.99. The van der Waals surface area contributed by atoms with Gasteiger partial charge in [-0.3, -0.25) is 0 Å². The second-order valence-electron chi connectivity index (χ2n) is 5.25. The number of nitrogens with zero attached hydrogens (tertiary/aromatic N) is 3. The largest absolute Gasteiger partial charge is 0.508 e. The Balaban J connectivity index is 1.78. The normalized spacial score (nSPS) is 11.9. The van der Waals surface area contributed by atoms with Crippen molar-refractivity contribution >= 4 is 39.3 Å². The smallest absolute Gasteiger partial charge is 0.250 e. The second kappa shape index (κ2) is 6.06. The lowest BCUT2D eigenvalue weighted by atomic mass is 10.2. The summed E-state index contributed by atoms with van der Waals surface area (Å²) in [6.07, 6.45) is 2.80. The molecule has 1 aliphatic rings. The summed E-state index contributed by atoms with van der Waals surface area (Å²) < 4.78 is 6.64. The van der Waals surface area contributed by atoms with Crippen molar-refractivity contribution in [3.05, 3.63) is 52.8 Å². The average Bonchev–Trinajstić information content (AvgIpc) is 2.74. The fraction of sp³-hybridized carbons (Fsp3) is 0. The van der Waals surface area contributed by atoms with Crippen LogP contribution in [-0.2, 0) is 0 Å². The number of aliphatic imine (C=N–C) groups is 1. The summed E-state index contributed by atoms with van der Waals surface area (Å²) in [5, 5.41) is 22.8. The highest BCUT2D eigenvalue weighted by molar-refractivity contribution is 9.10. The molecule has 0 atom stereocenters. The first-order chi connectivity index (χ1) is 12.1. The van der Waals surface area contributed by atoms with Crippen LogP contribution in [0.3, 0.4) is 0 Å². The number of benzene rings is 2. The Morgan fingerprint density at radius 2 is 1.96 bits per heavy atom. The van der Waals surface area contributed by atoms with Crippen molar-refractivity contribution in [2.24, 2.45) is 4.99 Å². The van der Waals surface area contributed by atoms with Crippen molar-refractivity contribution in [2.45, 2.75) is 0 Å². The number of aromatic nitrogens is 2. The van der Waals surface area contributed by atoms with Crippen LogP contribution in [0.15, 0.2) is 52.2 Å². The molecule has 0 bridgehead atoms. The van der Waals surface area contributed by atoms with E-state index in [1.807, 2.05) is 24.3 Å². The SMILES string of the molecule is Oc1cc(O)c2c(c1)Oc1ncnc(Nc3cccc(Br)c3)c1N=C2. The van der Waals surface area contributed by atoms with E-state index in [2.05, 4.69) is 36.2 Å². The number of phenols is 2. The molecule has 0 radical (unpaired) electrons. The van der Waals surface area contributed by atoms with Gasteiger partial charge in [0.1, 0.15) is 23.6 Å². The van der Waals surface area contributed by atoms with Gasteiger partial charge in [0.05, 0.1) is 5.56 Å². The van der Waals surface area contributed by atoms with Gasteiger partial charge in [0, 0.05) is 28.5 Å². The van der Waals surface area contributed by atoms with Crippen molar-refractivity contribution in [1.82, 2.24) is 9.97 Å². The van der Waals surface area contributed by atoms with Gasteiger partial charge in [-0.15, -0.1) is 0 Å². The Labute approximate surface area is 150 Å². The lowest BCUT2D eigenvalue weighted by molar-refractivity contribution is 0.426. The Bertz CT molecular complexity index is 1010. The second-order valence-corrected chi connectivity index (χ2v) is 6.16. The molecule has 0 amide bonds. The number of hydrogen-bond donors (Lipinski definition) is 3. The van der Waals surface area contributed by atoms with Gasteiger partial charge in [-0.2, -0.15) is 4.98 Å². The van der Waals surface area contributed by atoms with E-state index in [-0.39, 0.29) is 23.1 Å². The van der Waals surface area contributed by atoms with E-state index in [0.29, 0.717) is 17.1 Å². The first kappa shape index (κ1) is 15.4. The van der Waals surface area contributed by atoms with Crippen LogP contribution in [0.5, 0.6) is 23.1 Å². The minimum atomic E-state index is -0.138. The number of nitrogens with one attached hydrogen (secondary N) is 1. The molecule has 8 heteroatoms. The standard InChI is InChI=1S/C17H11BrN4O3/c18-9-2-1-3-10(4-9)22-16-15-17(21-8-20-16)25-14-6-11(23)5-13(24)12(14)7-19-15/h1-8,23-24H,(H,20,21,22). The van der Waals surface area contributed by atoms with Gasteiger partial charge in [0.25, 0.3) is 5.88 Å². The molecule has 25 heavy (non-hydrogen) atoms. The molecule has 0 saturated heterocycles. The van der Waals surface area contributed by atoms with Gasteiger partial charge in [0.2, 0.25) is 0 Å². The molecule has 0 saturated carbocycles. The predicted octanol–water partition coefficient (Wildman–Crippen LogP) is 4.25. The molecular weight excluding hydrogens is 388 g/mol. The number of rotatable bonds is 2. The van der Waals surface area contributed by atoms with Gasteiger partial charge in [-0.25, -0.2) is 9.98 Å². The lowest BCUT2D eigenvalue weighted by Gasteiger charge is -2.11. The number of phenolic OH excluding ortho intramolecular Hbond substituents is 2. The number of anilines is 2. The molecule has 124 valence electrons. The number of ether oxygens (including phenoxy) is 1. The van der Waals surface area contributed by atoms with E-state index in [4.69, 9.17) is 4.74 Å². The van der Waals surface area contributed by atoms with Gasteiger partial charge in [-0.1, -0.05) is 22.0 Å². The molecule has 4 rings (SSSR count). The van der Waals surface area contributed by atoms with Crippen molar-refractivity contribution in [2.75, 3.05) is 5.32 Å². The van der Waals surface area contributed by atoms with E-state index >= 15 is 0 Å². The van der Waals surface area contributed by atoms with Crippen LogP contribution in [0, 0.1) is 0 Å². The third-order valence-electron chi connectivity index (χ3n) is 3.51. The van der Waals surface area contributed by atoms with Gasteiger partial charge in [-0.05, 0) is 18.2 Å². The summed E-state index contributed by atoms with van der Waals surface area (Å²) >= 11 is 3.42. The summed E-state index contributed by atoms with van der Waals surface area (Å²) in [5.74, 6) is 0.672. The molecule has 0 spiro atoms. The predicted molar refractivity (Wildman–Crippen MR) is 96.6 cm³/mol. The van der Waals surface area contributed by atoms with Crippen LogP contribution in [0.4, 0.5) is 17.2 Å². The van der Waals surface area contributed by atoms with E-state index < -0.39 is 0 Å². The van der Waals surface area contributed by atoms with E-state index in [1.54, 1.807) is 0 Å². The monoisotopic (exact) mass is 398 g/mol. The van der Waals surface area contributed by atoms with Crippen LogP contribution < -0.4 is 10.1 Å². The number of aromatic hydroxyl groups is 2. The number of halogens is 1. The van der Waals surface area contributed by atoms with E-state index in [1.165, 1.54) is 24.7 Å². The molecule has 3 aromatic rings. The Morgan fingerprint density at radius 3 is 2.80 bits per heavy atom. The first-order valence-corrected chi connectivity index (χ1v) is 8.05. The molecule has 0 aliphatic carbocycles. The Morgan fingerprint density at radius 1 is 1.08 bits per heavy atom. The quantitative estimate of drug-likeness (QED) is 0.466. The molecule has 2 heterocycles. The van der Waals surface area contributed by atoms with Crippen LogP contribution in [-0.4, -0.2) is 26.4 Å². The summed E-state index contributed by atoms with van der Waals surface area (Å²) in [5.41, 5.74) is 1.55. The first-order valence-electron chi connectivity index (χ1n) is 7.25. The summed E-state index contributed by atoms with van der Waals surface area (Å²) in [4.78, 5) is 12.7. The molecule has 0 fully saturated rings. The van der Waals surface area contributed by atoms with Crippen LogP contribution >= 0.6 is 15.9 Å². The molecule has 2 aromatic carbocycles. The highest BCUT2D eigenvalue weighted by atomic mass is 79.9. The van der Waals surface area contributed by atoms with Crippen molar-refractivity contribution < 1.29 is 14.9 Å². The fourth-order valence-corrected chi connectivity index (χ4v) is 2.79. The third-order valence-corrected chi connectivity index (χ3v) is 4.00. The maximum Gasteiger partial charge on any atom is 0.250 e. The lowest BCUT2D eigenvalue weighted by Crippen LogP contribution is -1.97. The zero-order chi connectivity index (χ0) is 17.4. The summed E-state index contributed by atoms with van der Waals surface area (Å²) in [6, 6.07) is 10.2. The van der Waals surface area contributed by atoms with Crippen LogP contribution in [0.1, 0.15) is 5.56 Å². The van der Waals surface area contributed by atoms with Crippen molar-refractivity contribution in [1.29, 1.82) is 0 Å². The fourth-order valence-electron chi connectivity index (χ4n) is 2.39. The molecule has 1 aliphatic heterocycles. The van der Waals surface area contributed by atoms with E-state index in [9.17, 15) is 10.2 Å². The Kier molecular flexibility index (Phi) is 3.73. The summed E-state index contributed by atoms with van der Waals surface area (Å²) in [6.45, 7) is 0. The molecule has 3 N–H and O–H groups in total. The van der Waals surface area contributed by atoms with Crippen molar-refractivity contribution in [3.8, 4) is 23.1 Å². The topological polar surface area (TPSA) is 99.9 Å². The molecule has 1 aromatic heterocycles. The highest BCUT2D eigenvalue weighted by Gasteiger charge is 2.20. The van der Waals surface area contributed by atoms with Crippen molar-refractivity contribution in [3.63, 3.8) is 0 Å². The van der Waals surface area contributed by atoms with Gasteiger partial charge >= 0.3 is 0 Å². The number of hydrogen-bond acceptors (Lipinski definition) is 7. The molecular formula is C17H11BrN4O3. The van der Waals surface area contributed by atoms with E-state index in [0.717, 1.165) is 10.2 Å². The molecule has 0 unspecified atom stereocenters. The maximum absolute atomic E-state index is 9.99. The average molecular weight is 399 g/mol. The van der Waals surface area contributed by atoms with Gasteiger partial charge < -0.3 is 20.3 Å². The minimum Gasteiger partial charge on any atom is -0.508 e. The minimum absolute atomic E-state index is 0.116. The van der Waals surface area contributed by atoms with Gasteiger partial charge in [0.15, 0.2) is 11.5 Å². The summed E-state index contributed by atoms with van der Waals surface area (Å²) in [7, 11) is 0. The number of fused-ring (bicyclic) bond motifs is 2. The zero-order valence-electron chi connectivity index (χ0n) is 12.6. The molecule has 7 nitrogen and oxygen atoms in total. The van der Waals surface area contributed by atoms with Crippen LogP contribution in [0.25, 0.3) is 0 Å². The highest BCUT2D eigenvalue weighted by Crippen LogP contribution is 2.42.